The van der Waals surface area contributed by atoms with Crippen molar-refractivity contribution >= 4 is 23.4 Å². The Morgan fingerprint density at radius 1 is 1.44 bits per heavy atom. The summed E-state index contributed by atoms with van der Waals surface area (Å²) in [6.45, 7) is 3.89. The van der Waals surface area contributed by atoms with Crippen molar-refractivity contribution in [3.8, 4) is 0 Å². The number of halogens is 1. The zero-order valence-electron chi connectivity index (χ0n) is 8.99. The van der Waals surface area contributed by atoms with E-state index in [1.165, 1.54) is 11.8 Å². The van der Waals surface area contributed by atoms with Gasteiger partial charge in [0, 0.05) is 18.0 Å². The van der Waals surface area contributed by atoms with Gasteiger partial charge in [0.05, 0.1) is 0 Å². The van der Waals surface area contributed by atoms with Gasteiger partial charge < -0.3 is 4.98 Å². The van der Waals surface area contributed by atoms with Crippen molar-refractivity contribution in [2.24, 2.45) is 0 Å². The van der Waals surface area contributed by atoms with Gasteiger partial charge in [-0.25, -0.2) is 15.0 Å². The largest absolute Gasteiger partial charge is 0.337 e. The number of rotatable bonds is 3. The van der Waals surface area contributed by atoms with E-state index in [2.05, 4.69) is 26.9 Å². The fourth-order valence-corrected chi connectivity index (χ4v) is 2.35. The number of nitrogens with one attached hydrogen (secondary N) is 1. The van der Waals surface area contributed by atoms with Crippen LogP contribution < -0.4 is 0 Å². The van der Waals surface area contributed by atoms with Crippen molar-refractivity contribution in [1.82, 2.24) is 19.9 Å². The van der Waals surface area contributed by atoms with Gasteiger partial charge >= 0.3 is 0 Å². The molecule has 2 aromatic rings. The Morgan fingerprint density at radius 2 is 2.25 bits per heavy atom. The molecule has 0 spiro atoms. The topological polar surface area (TPSA) is 54.5 Å². The lowest BCUT2D eigenvalue weighted by Gasteiger charge is -1.99. The quantitative estimate of drug-likeness (QED) is 0.856. The van der Waals surface area contributed by atoms with E-state index < -0.39 is 0 Å². The number of aromatic nitrogens is 4. The second-order valence-electron chi connectivity index (χ2n) is 3.25. The Morgan fingerprint density at radius 3 is 2.88 bits per heavy atom. The number of aromatic amines is 1. The van der Waals surface area contributed by atoms with E-state index in [4.69, 9.17) is 11.6 Å². The molecule has 0 unspecified atom stereocenters. The van der Waals surface area contributed by atoms with Crippen LogP contribution in [0.3, 0.4) is 0 Å². The molecule has 0 aliphatic rings. The molecule has 0 bridgehead atoms. The Bertz CT molecular complexity index is 477. The number of hydrogen-bond acceptors (Lipinski definition) is 4. The van der Waals surface area contributed by atoms with Gasteiger partial charge in [-0.3, -0.25) is 0 Å². The summed E-state index contributed by atoms with van der Waals surface area (Å²) in [5.74, 6) is 0.664. The van der Waals surface area contributed by atoms with Crippen LogP contribution in [0.15, 0.2) is 22.4 Å². The van der Waals surface area contributed by atoms with Gasteiger partial charge in [0.2, 0.25) is 0 Å². The third kappa shape index (κ3) is 2.74. The maximum Gasteiger partial charge on any atom is 0.171 e. The first-order valence-corrected chi connectivity index (χ1v) is 6.09. The molecule has 0 fully saturated rings. The molecule has 0 amide bonds. The van der Waals surface area contributed by atoms with Crippen molar-refractivity contribution in [2.75, 3.05) is 0 Å². The zero-order chi connectivity index (χ0) is 11.5. The van der Waals surface area contributed by atoms with E-state index in [1.807, 2.05) is 13.1 Å². The lowest BCUT2D eigenvalue weighted by atomic mass is 10.4. The Labute approximate surface area is 103 Å². The number of H-pyrrole nitrogens is 1. The highest BCUT2D eigenvalue weighted by atomic mass is 35.5. The molecule has 1 N–H and O–H groups in total. The van der Waals surface area contributed by atoms with E-state index in [0.29, 0.717) is 11.0 Å². The van der Waals surface area contributed by atoms with Crippen molar-refractivity contribution in [2.45, 2.75) is 30.5 Å². The van der Waals surface area contributed by atoms with Gasteiger partial charge in [-0.05, 0) is 25.1 Å². The third-order valence-electron chi connectivity index (χ3n) is 1.97. The first-order valence-electron chi connectivity index (χ1n) is 4.90. The molecule has 0 aliphatic heterocycles. The molecule has 6 heteroatoms. The van der Waals surface area contributed by atoms with Crippen LogP contribution in [-0.4, -0.2) is 19.9 Å². The lowest BCUT2D eigenvalue weighted by molar-refractivity contribution is 0.951. The van der Waals surface area contributed by atoms with Crippen LogP contribution in [0.1, 0.15) is 18.4 Å². The smallest absolute Gasteiger partial charge is 0.171 e. The summed E-state index contributed by atoms with van der Waals surface area (Å²) in [4.78, 5) is 15.7. The van der Waals surface area contributed by atoms with Gasteiger partial charge in [-0.15, -0.1) is 0 Å². The first kappa shape index (κ1) is 11.4. The molecule has 2 heterocycles. The molecule has 0 aromatic carbocycles. The maximum absolute atomic E-state index is 5.85. The highest BCUT2D eigenvalue weighted by Crippen LogP contribution is 2.24. The molecule has 2 aromatic heterocycles. The highest BCUT2D eigenvalue weighted by Gasteiger charge is 2.05. The van der Waals surface area contributed by atoms with Crippen molar-refractivity contribution in [3.63, 3.8) is 0 Å². The van der Waals surface area contributed by atoms with E-state index in [9.17, 15) is 0 Å². The van der Waals surface area contributed by atoms with Crippen LogP contribution in [0.25, 0.3) is 0 Å². The lowest BCUT2D eigenvalue weighted by Crippen LogP contribution is -1.90. The van der Waals surface area contributed by atoms with Crippen LogP contribution in [0, 0.1) is 6.92 Å². The van der Waals surface area contributed by atoms with Crippen LogP contribution in [0.4, 0.5) is 0 Å². The third-order valence-corrected chi connectivity index (χ3v) is 2.98. The van der Waals surface area contributed by atoms with E-state index >= 15 is 0 Å². The average molecular weight is 255 g/mol. The molecule has 0 atom stereocenters. The molecule has 16 heavy (non-hydrogen) atoms. The van der Waals surface area contributed by atoms with Crippen LogP contribution in [0.2, 0.25) is 5.15 Å². The number of nitrogens with zero attached hydrogens (tertiary/aromatic N) is 3. The number of aryl methyl sites for hydroxylation is 2. The minimum atomic E-state index is 0.456. The Hall–Kier alpha value is -1.07. The van der Waals surface area contributed by atoms with Gasteiger partial charge in [0.15, 0.2) is 5.16 Å². The second kappa shape index (κ2) is 4.84. The van der Waals surface area contributed by atoms with Crippen molar-refractivity contribution in [3.05, 3.63) is 28.9 Å². The summed E-state index contributed by atoms with van der Waals surface area (Å²) in [5, 5.41) is 2.08. The molecule has 0 aliphatic carbocycles. The van der Waals surface area contributed by atoms with Gasteiger partial charge in [-0.2, -0.15) is 0 Å². The summed E-state index contributed by atoms with van der Waals surface area (Å²) < 4.78 is 0. The predicted molar refractivity (Wildman–Crippen MR) is 63.9 cm³/mol. The normalized spacial score (nSPS) is 10.7. The number of imidazole rings is 1. The summed E-state index contributed by atoms with van der Waals surface area (Å²) in [5.41, 5.74) is 1.11. The zero-order valence-corrected chi connectivity index (χ0v) is 10.6. The SMILES string of the molecule is CCc1cnc(Sc2cc(Cl)nc(C)n2)[nH]1. The maximum atomic E-state index is 5.85. The second-order valence-corrected chi connectivity index (χ2v) is 4.64. The van der Waals surface area contributed by atoms with Crippen molar-refractivity contribution in [1.29, 1.82) is 0 Å². The fraction of sp³-hybridized carbons (Fsp3) is 0.300. The van der Waals surface area contributed by atoms with E-state index in [1.54, 1.807) is 6.07 Å². The van der Waals surface area contributed by atoms with Crippen LogP contribution in [0.5, 0.6) is 0 Å². The van der Waals surface area contributed by atoms with Crippen molar-refractivity contribution < 1.29 is 0 Å². The van der Waals surface area contributed by atoms with E-state index in [0.717, 1.165) is 22.3 Å². The molecule has 0 saturated carbocycles. The van der Waals surface area contributed by atoms with Crippen LogP contribution in [-0.2, 0) is 6.42 Å². The minimum Gasteiger partial charge on any atom is -0.337 e. The number of hydrogen-bond donors (Lipinski definition) is 1. The standard InChI is InChI=1S/C10H11ClN4S/c1-3-7-5-12-10(15-7)16-9-4-8(11)13-6(2)14-9/h4-5H,3H2,1-2H3,(H,12,15). The average Bonchev–Trinajstić information content (AvgIpc) is 2.64. The van der Waals surface area contributed by atoms with Gasteiger partial charge in [-0.1, -0.05) is 18.5 Å². The van der Waals surface area contributed by atoms with Gasteiger partial charge in [0.25, 0.3) is 0 Å². The summed E-state index contributed by atoms with van der Waals surface area (Å²) in [7, 11) is 0. The molecule has 0 saturated heterocycles. The van der Waals surface area contributed by atoms with E-state index in [-0.39, 0.29) is 0 Å². The molecular weight excluding hydrogens is 244 g/mol. The molecule has 84 valence electrons. The molecular formula is C10H11ClN4S. The summed E-state index contributed by atoms with van der Waals surface area (Å²) in [6, 6.07) is 1.73. The summed E-state index contributed by atoms with van der Waals surface area (Å²) in [6.07, 6.45) is 2.77. The van der Waals surface area contributed by atoms with Crippen LogP contribution >= 0.6 is 23.4 Å². The highest BCUT2D eigenvalue weighted by molar-refractivity contribution is 7.99. The Balaban J connectivity index is 2.19. The molecule has 2 rings (SSSR count). The molecule has 4 nitrogen and oxygen atoms in total. The fourth-order valence-electron chi connectivity index (χ4n) is 1.23. The monoisotopic (exact) mass is 254 g/mol. The first-order chi connectivity index (χ1) is 7.67. The minimum absolute atomic E-state index is 0.456. The summed E-state index contributed by atoms with van der Waals surface area (Å²) >= 11 is 7.30. The predicted octanol–water partition coefficient (Wildman–Crippen LogP) is 2.88. The van der Waals surface area contributed by atoms with Gasteiger partial charge in [0.1, 0.15) is 16.0 Å². The Kier molecular flexibility index (Phi) is 3.46. The molecule has 0 radical (unpaired) electrons.